The van der Waals surface area contributed by atoms with E-state index in [1.54, 1.807) is 11.0 Å². The number of benzene rings is 1. The van der Waals surface area contributed by atoms with Crippen LogP contribution in [0.5, 0.6) is 0 Å². The Bertz CT molecular complexity index is 967. The van der Waals surface area contributed by atoms with Crippen LogP contribution in [0.15, 0.2) is 23.1 Å². The Hall–Kier alpha value is -1.93. The van der Waals surface area contributed by atoms with Crippen LogP contribution < -0.4 is 0 Å². The van der Waals surface area contributed by atoms with E-state index in [0.717, 1.165) is 37.7 Å². The molecule has 0 spiro atoms. The van der Waals surface area contributed by atoms with Gasteiger partial charge in [0.05, 0.1) is 10.8 Å². The van der Waals surface area contributed by atoms with Crippen molar-refractivity contribution in [2.24, 2.45) is 11.8 Å². The van der Waals surface area contributed by atoms with E-state index < -0.39 is 10.0 Å². The van der Waals surface area contributed by atoms with Crippen molar-refractivity contribution in [2.45, 2.75) is 57.3 Å². The van der Waals surface area contributed by atoms with Crippen molar-refractivity contribution < 1.29 is 18.0 Å². The predicted octanol–water partition coefficient (Wildman–Crippen LogP) is 2.29. The van der Waals surface area contributed by atoms with E-state index in [4.69, 9.17) is 0 Å². The third-order valence-corrected chi connectivity index (χ3v) is 8.98. The topological polar surface area (TPSA) is 78.0 Å². The van der Waals surface area contributed by atoms with Crippen LogP contribution >= 0.6 is 0 Å². The number of nitrogens with zero attached hydrogens (tertiary/aromatic N) is 3. The van der Waals surface area contributed by atoms with Gasteiger partial charge in [-0.3, -0.25) is 9.59 Å². The van der Waals surface area contributed by atoms with Crippen LogP contribution in [-0.4, -0.2) is 73.6 Å². The zero-order valence-corrected chi connectivity index (χ0v) is 20.1. The lowest BCUT2D eigenvalue weighted by atomic mass is 9.92. The normalized spacial score (nSPS) is 22.7. The number of piperazine rings is 1. The number of rotatable bonds is 4. The zero-order chi connectivity index (χ0) is 22.9. The number of amides is 2. The molecule has 2 heterocycles. The second-order valence-corrected chi connectivity index (χ2v) is 11.6. The minimum atomic E-state index is -3.56. The molecule has 32 heavy (non-hydrogen) atoms. The van der Waals surface area contributed by atoms with Crippen molar-refractivity contribution in [3.05, 3.63) is 29.3 Å². The van der Waals surface area contributed by atoms with Gasteiger partial charge in [-0.05, 0) is 61.8 Å². The van der Waals surface area contributed by atoms with Gasteiger partial charge in [0.25, 0.3) is 0 Å². The van der Waals surface area contributed by atoms with E-state index in [1.807, 2.05) is 30.9 Å². The van der Waals surface area contributed by atoms with Crippen molar-refractivity contribution >= 4 is 21.8 Å². The molecule has 176 valence electrons. The van der Waals surface area contributed by atoms with Gasteiger partial charge in [0.1, 0.15) is 0 Å². The Morgan fingerprint density at radius 2 is 1.59 bits per heavy atom. The lowest BCUT2D eigenvalue weighted by molar-refractivity contribution is -0.143. The van der Waals surface area contributed by atoms with E-state index in [1.165, 1.54) is 16.3 Å². The number of carbonyl (C=O) groups excluding carboxylic acids is 2. The van der Waals surface area contributed by atoms with Crippen LogP contribution in [-0.2, 0) is 32.5 Å². The fourth-order valence-corrected chi connectivity index (χ4v) is 6.64. The molecule has 2 amide bonds. The first-order chi connectivity index (χ1) is 15.3. The summed E-state index contributed by atoms with van der Waals surface area (Å²) in [7, 11) is -3.56. The van der Waals surface area contributed by atoms with Crippen molar-refractivity contribution in [3.8, 4) is 0 Å². The quantitative estimate of drug-likeness (QED) is 0.689. The Morgan fingerprint density at radius 1 is 0.906 bits per heavy atom. The highest BCUT2D eigenvalue weighted by molar-refractivity contribution is 7.89. The highest BCUT2D eigenvalue weighted by atomic mass is 32.2. The summed E-state index contributed by atoms with van der Waals surface area (Å²) in [6.45, 7) is 6.39. The summed E-state index contributed by atoms with van der Waals surface area (Å²) in [5.41, 5.74) is 2.42. The molecule has 1 unspecified atom stereocenters. The maximum absolute atomic E-state index is 13.2. The van der Waals surface area contributed by atoms with Crippen LogP contribution in [0.1, 0.15) is 50.7 Å². The maximum atomic E-state index is 13.2. The van der Waals surface area contributed by atoms with Gasteiger partial charge in [-0.2, -0.15) is 4.31 Å². The first-order valence-corrected chi connectivity index (χ1v) is 13.4. The summed E-state index contributed by atoms with van der Waals surface area (Å²) < 4.78 is 27.9. The van der Waals surface area contributed by atoms with E-state index in [-0.39, 0.29) is 23.7 Å². The van der Waals surface area contributed by atoms with Gasteiger partial charge in [-0.15, -0.1) is 0 Å². The van der Waals surface area contributed by atoms with Crippen LogP contribution in [0.2, 0.25) is 0 Å². The average Bonchev–Trinajstić information content (AvgIpc) is 2.82. The van der Waals surface area contributed by atoms with Gasteiger partial charge in [0.2, 0.25) is 21.8 Å². The smallest absolute Gasteiger partial charge is 0.243 e. The summed E-state index contributed by atoms with van der Waals surface area (Å²) in [4.78, 5) is 29.4. The molecule has 1 aliphatic carbocycles. The molecule has 0 aromatic heterocycles. The monoisotopic (exact) mass is 461 g/mol. The predicted molar refractivity (Wildman–Crippen MR) is 123 cm³/mol. The number of hydrogen-bond acceptors (Lipinski definition) is 4. The van der Waals surface area contributed by atoms with Crippen LogP contribution in [0.3, 0.4) is 0 Å². The van der Waals surface area contributed by atoms with Crippen LogP contribution in [0.4, 0.5) is 0 Å². The summed E-state index contributed by atoms with van der Waals surface area (Å²) >= 11 is 0. The van der Waals surface area contributed by atoms with Crippen molar-refractivity contribution in [1.82, 2.24) is 14.1 Å². The molecule has 0 bridgehead atoms. The molecular weight excluding hydrogens is 426 g/mol. The molecular formula is C24H35N3O4S. The first-order valence-electron chi connectivity index (χ1n) is 12.0. The fourth-order valence-electron chi connectivity index (χ4n) is 5.17. The largest absolute Gasteiger partial charge is 0.342 e. The molecule has 1 atom stereocenters. The molecule has 0 radical (unpaired) electrons. The Balaban J connectivity index is 1.37. The fraction of sp³-hybridized carbons (Fsp3) is 0.667. The highest BCUT2D eigenvalue weighted by Gasteiger charge is 2.35. The van der Waals surface area contributed by atoms with Gasteiger partial charge < -0.3 is 9.80 Å². The maximum Gasteiger partial charge on any atom is 0.243 e. The number of fused-ring (bicyclic) bond motifs is 1. The van der Waals surface area contributed by atoms with E-state index in [9.17, 15) is 18.0 Å². The molecule has 4 rings (SSSR count). The summed E-state index contributed by atoms with van der Waals surface area (Å²) in [5, 5.41) is 0. The van der Waals surface area contributed by atoms with Gasteiger partial charge in [-0.25, -0.2) is 8.42 Å². The number of sulfonamides is 1. The van der Waals surface area contributed by atoms with E-state index in [0.29, 0.717) is 44.2 Å². The molecule has 7 nitrogen and oxygen atoms in total. The molecule has 2 aliphatic heterocycles. The van der Waals surface area contributed by atoms with Gasteiger partial charge >= 0.3 is 0 Å². The summed E-state index contributed by atoms with van der Waals surface area (Å²) in [6.07, 6.45) is 5.87. The Morgan fingerprint density at radius 3 is 2.28 bits per heavy atom. The second-order valence-electron chi connectivity index (χ2n) is 9.65. The molecule has 8 heteroatoms. The summed E-state index contributed by atoms with van der Waals surface area (Å²) in [6, 6.07) is 5.55. The molecule has 0 saturated carbocycles. The van der Waals surface area contributed by atoms with Crippen LogP contribution in [0.25, 0.3) is 0 Å². The minimum absolute atomic E-state index is 0.0529. The summed E-state index contributed by atoms with van der Waals surface area (Å²) in [5.74, 6) is -0.100. The standard InChI is InChI=1S/C24H35N3O4S/c1-18(2)23(28)26-11-5-8-21(17-26)24(29)25-12-14-27(15-13-25)32(30,31)22-10-9-19-6-3-4-7-20(19)16-22/h9-10,16,18,21H,3-8,11-15,17H2,1-2H3. The second kappa shape index (κ2) is 9.51. The third kappa shape index (κ3) is 4.71. The van der Waals surface area contributed by atoms with Gasteiger partial charge in [0.15, 0.2) is 0 Å². The van der Waals surface area contributed by atoms with Crippen molar-refractivity contribution in [2.75, 3.05) is 39.3 Å². The van der Waals surface area contributed by atoms with Crippen molar-refractivity contribution in [1.29, 1.82) is 0 Å². The lowest BCUT2D eigenvalue weighted by Gasteiger charge is -2.39. The molecule has 2 fully saturated rings. The van der Waals surface area contributed by atoms with E-state index >= 15 is 0 Å². The zero-order valence-electron chi connectivity index (χ0n) is 19.3. The van der Waals surface area contributed by atoms with Crippen molar-refractivity contribution in [3.63, 3.8) is 0 Å². The van der Waals surface area contributed by atoms with Gasteiger partial charge in [-0.1, -0.05) is 19.9 Å². The highest BCUT2D eigenvalue weighted by Crippen LogP contribution is 2.27. The lowest BCUT2D eigenvalue weighted by Crippen LogP contribution is -2.54. The molecule has 1 aromatic rings. The third-order valence-electron chi connectivity index (χ3n) is 7.08. The number of aryl methyl sites for hydroxylation is 2. The molecule has 1 aromatic carbocycles. The van der Waals surface area contributed by atoms with Gasteiger partial charge in [0, 0.05) is 45.2 Å². The average molecular weight is 462 g/mol. The Labute approximate surface area is 191 Å². The number of carbonyl (C=O) groups is 2. The number of hydrogen-bond donors (Lipinski definition) is 0. The number of piperidine rings is 1. The van der Waals surface area contributed by atoms with Crippen LogP contribution in [0, 0.1) is 11.8 Å². The molecule has 3 aliphatic rings. The molecule has 2 saturated heterocycles. The SMILES string of the molecule is CC(C)C(=O)N1CCCC(C(=O)N2CCN(S(=O)(=O)c3ccc4c(c3)CCCC4)CC2)C1. The number of likely N-dealkylation sites (tertiary alicyclic amines) is 1. The minimum Gasteiger partial charge on any atom is -0.342 e. The Kier molecular flexibility index (Phi) is 6.91. The first kappa shape index (κ1) is 23.2. The molecule has 0 N–H and O–H groups in total. The van der Waals surface area contributed by atoms with E-state index in [2.05, 4.69) is 0 Å².